The first-order valence-electron chi connectivity index (χ1n) is 7.03. The number of amides is 2. The number of benzene rings is 1. The third-order valence-corrected chi connectivity index (χ3v) is 3.72. The Balaban J connectivity index is 1.62. The average molecular weight is 322 g/mol. The van der Waals surface area contributed by atoms with Gasteiger partial charge < -0.3 is 9.40 Å². The van der Waals surface area contributed by atoms with Crippen LogP contribution in [0.25, 0.3) is 11.2 Å². The summed E-state index contributed by atoms with van der Waals surface area (Å²) >= 11 is 0. The Morgan fingerprint density at radius 3 is 2.42 bits per heavy atom. The lowest BCUT2D eigenvalue weighted by Crippen LogP contribution is -2.32. The van der Waals surface area contributed by atoms with Crippen LogP contribution in [0.5, 0.6) is 0 Å². The standard InChI is InChI=1S/C16H10N4O4/c1-19-8-18-12-6-9(7-17-13(12)19)16(23)24-20-14(21)10-4-2-3-5-11(10)15(20)22/h2-8H,1H3. The van der Waals surface area contributed by atoms with Crippen molar-refractivity contribution in [2.75, 3.05) is 0 Å². The summed E-state index contributed by atoms with van der Waals surface area (Å²) in [6, 6.07) is 7.77. The number of fused-ring (bicyclic) bond motifs is 2. The van der Waals surface area contributed by atoms with Crippen LogP contribution in [-0.4, -0.2) is 37.4 Å². The van der Waals surface area contributed by atoms with Crippen molar-refractivity contribution in [3.63, 3.8) is 0 Å². The molecule has 0 saturated heterocycles. The van der Waals surface area contributed by atoms with E-state index in [1.54, 1.807) is 30.1 Å². The van der Waals surface area contributed by atoms with Crippen LogP contribution in [0, 0.1) is 0 Å². The van der Waals surface area contributed by atoms with Crippen molar-refractivity contribution < 1.29 is 19.2 Å². The van der Waals surface area contributed by atoms with Crippen molar-refractivity contribution in [3.8, 4) is 0 Å². The maximum Gasteiger partial charge on any atom is 0.365 e. The molecule has 0 N–H and O–H groups in total. The van der Waals surface area contributed by atoms with Crippen LogP contribution in [0.3, 0.4) is 0 Å². The zero-order valence-electron chi connectivity index (χ0n) is 12.5. The molecule has 2 aromatic heterocycles. The van der Waals surface area contributed by atoms with Gasteiger partial charge in [0.05, 0.1) is 23.0 Å². The van der Waals surface area contributed by atoms with Crippen molar-refractivity contribution in [1.82, 2.24) is 19.6 Å². The minimum atomic E-state index is -0.857. The van der Waals surface area contributed by atoms with E-state index in [4.69, 9.17) is 4.84 Å². The van der Waals surface area contributed by atoms with E-state index in [1.807, 2.05) is 0 Å². The van der Waals surface area contributed by atoms with E-state index in [1.165, 1.54) is 24.4 Å². The monoisotopic (exact) mass is 322 g/mol. The second-order valence-corrected chi connectivity index (χ2v) is 5.25. The normalized spacial score (nSPS) is 13.5. The highest BCUT2D eigenvalue weighted by Crippen LogP contribution is 2.23. The molecule has 0 saturated carbocycles. The molecule has 3 heterocycles. The van der Waals surface area contributed by atoms with Crippen LogP contribution in [0.15, 0.2) is 42.9 Å². The maximum absolute atomic E-state index is 12.3. The quantitative estimate of drug-likeness (QED) is 0.661. The number of aryl methyl sites for hydroxylation is 1. The van der Waals surface area contributed by atoms with Gasteiger partial charge >= 0.3 is 5.97 Å². The number of hydroxylamine groups is 2. The Labute approximate surface area is 135 Å². The van der Waals surface area contributed by atoms with Gasteiger partial charge in [0.15, 0.2) is 5.65 Å². The first-order valence-corrected chi connectivity index (χ1v) is 7.03. The summed E-state index contributed by atoms with van der Waals surface area (Å²) < 4.78 is 1.70. The van der Waals surface area contributed by atoms with Gasteiger partial charge in [-0.3, -0.25) is 9.59 Å². The van der Waals surface area contributed by atoms with Crippen LogP contribution in [0.2, 0.25) is 0 Å². The lowest BCUT2D eigenvalue weighted by atomic mass is 10.1. The third kappa shape index (κ3) is 1.97. The average Bonchev–Trinajstić information content (AvgIpc) is 3.08. The maximum atomic E-state index is 12.3. The SMILES string of the molecule is Cn1cnc2cc(C(=O)ON3C(=O)c4ccccc4C3=O)cnc21. The van der Waals surface area contributed by atoms with Crippen molar-refractivity contribution in [3.05, 3.63) is 59.5 Å². The number of aromatic nitrogens is 3. The Kier molecular flexibility index (Phi) is 2.92. The van der Waals surface area contributed by atoms with E-state index < -0.39 is 17.8 Å². The molecule has 4 rings (SSSR count). The molecule has 3 aromatic rings. The summed E-state index contributed by atoms with van der Waals surface area (Å²) in [6.07, 6.45) is 2.88. The van der Waals surface area contributed by atoms with E-state index >= 15 is 0 Å². The van der Waals surface area contributed by atoms with Gasteiger partial charge in [0, 0.05) is 13.2 Å². The van der Waals surface area contributed by atoms with Crippen LogP contribution < -0.4 is 0 Å². The molecule has 0 aliphatic carbocycles. The fourth-order valence-corrected chi connectivity index (χ4v) is 2.51. The molecule has 2 amide bonds. The molecule has 8 heteroatoms. The number of hydrogen-bond acceptors (Lipinski definition) is 6. The summed E-state index contributed by atoms with van der Waals surface area (Å²) in [4.78, 5) is 49.8. The molecular formula is C16H10N4O4. The topological polar surface area (TPSA) is 94.4 Å². The van der Waals surface area contributed by atoms with Crippen molar-refractivity contribution in [1.29, 1.82) is 0 Å². The summed E-state index contributed by atoms with van der Waals surface area (Å²) in [7, 11) is 1.78. The first-order chi connectivity index (χ1) is 11.6. The highest BCUT2D eigenvalue weighted by molar-refractivity contribution is 6.21. The Bertz CT molecular complexity index is 989. The highest BCUT2D eigenvalue weighted by atomic mass is 16.7. The molecule has 24 heavy (non-hydrogen) atoms. The predicted molar refractivity (Wildman–Crippen MR) is 80.9 cm³/mol. The zero-order valence-corrected chi connectivity index (χ0v) is 12.5. The van der Waals surface area contributed by atoms with E-state index in [0.717, 1.165) is 0 Å². The molecule has 0 atom stereocenters. The number of carbonyl (C=O) groups excluding carboxylic acids is 3. The number of nitrogens with zero attached hydrogens (tertiary/aromatic N) is 4. The lowest BCUT2D eigenvalue weighted by molar-refractivity contribution is -0.0584. The van der Waals surface area contributed by atoms with Gasteiger partial charge in [-0.25, -0.2) is 14.8 Å². The molecule has 8 nitrogen and oxygen atoms in total. The summed E-state index contributed by atoms with van der Waals surface area (Å²) in [5.41, 5.74) is 1.61. The molecule has 0 spiro atoms. The van der Waals surface area contributed by atoms with Gasteiger partial charge in [0.25, 0.3) is 11.8 Å². The number of carbonyl (C=O) groups is 3. The molecule has 0 bridgehead atoms. The van der Waals surface area contributed by atoms with E-state index in [9.17, 15) is 14.4 Å². The Hall–Kier alpha value is -3.55. The van der Waals surface area contributed by atoms with Gasteiger partial charge in [-0.1, -0.05) is 17.2 Å². The number of pyridine rings is 1. The Morgan fingerprint density at radius 1 is 1.08 bits per heavy atom. The summed E-state index contributed by atoms with van der Waals surface area (Å²) in [5, 5.41) is 0.468. The minimum Gasteiger partial charge on any atom is -0.324 e. The lowest BCUT2D eigenvalue weighted by Gasteiger charge is -2.12. The fourth-order valence-electron chi connectivity index (χ4n) is 2.51. The zero-order chi connectivity index (χ0) is 16.8. The van der Waals surface area contributed by atoms with Gasteiger partial charge in [0.2, 0.25) is 0 Å². The van der Waals surface area contributed by atoms with Gasteiger partial charge in [-0.2, -0.15) is 0 Å². The largest absolute Gasteiger partial charge is 0.365 e. The van der Waals surface area contributed by atoms with Crippen LogP contribution >= 0.6 is 0 Å². The van der Waals surface area contributed by atoms with Crippen LogP contribution in [0.1, 0.15) is 31.1 Å². The fraction of sp³-hybridized carbons (Fsp3) is 0.0625. The number of imidazole rings is 1. The molecule has 118 valence electrons. The smallest absolute Gasteiger partial charge is 0.324 e. The molecule has 1 aromatic carbocycles. The molecular weight excluding hydrogens is 312 g/mol. The number of hydrogen-bond donors (Lipinski definition) is 0. The minimum absolute atomic E-state index is 0.0951. The van der Waals surface area contributed by atoms with Crippen molar-refractivity contribution >= 4 is 28.9 Å². The van der Waals surface area contributed by atoms with Crippen molar-refractivity contribution in [2.45, 2.75) is 0 Å². The summed E-state index contributed by atoms with van der Waals surface area (Å²) in [6.45, 7) is 0. The third-order valence-electron chi connectivity index (χ3n) is 3.72. The predicted octanol–water partition coefficient (Wildman–Crippen LogP) is 1.34. The number of rotatable bonds is 2. The molecule has 0 radical (unpaired) electrons. The second kappa shape index (κ2) is 4.98. The second-order valence-electron chi connectivity index (χ2n) is 5.25. The molecule has 1 aliphatic rings. The van der Waals surface area contributed by atoms with Gasteiger partial charge in [-0.05, 0) is 18.2 Å². The van der Waals surface area contributed by atoms with E-state index in [-0.39, 0.29) is 16.7 Å². The van der Waals surface area contributed by atoms with Crippen molar-refractivity contribution in [2.24, 2.45) is 7.05 Å². The molecule has 1 aliphatic heterocycles. The Morgan fingerprint density at radius 2 is 1.75 bits per heavy atom. The summed E-state index contributed by atoms with van der Waals surface area (Å²) in [5.74, 6) is -2.20. The van der Waals surface area contributed by atoms with E-state index in [2.05, 4.69) is 9.97 Å². The van der Waals surface area contributed by atoms with Crippen LogP contribution in [0.4, 0.5) is 0 Å². The van der Waals surface area contributed by atoms with Crippen LogP contribution in [-0.2, 0) is 11.9 Å². The first kappa shape index (κ1) is 14.1. The molecule has 0 fully saturated rings. The van der Waals surface area contributed by atoms with Gasteiger partial charge in [-0.15, -0.1) is 0 Å². The highest BCUT2D eigenvalue weighted by Gasteiger charge is 2.38. The number of imide groups is 1. The van der Waals surface area contributed by atoms with E-state index in [0.29, 0.717) is 16.2 Å². The van der Waals surface area contributed by atoms with Gasteiger partial charge in [0.1, 0.15) is 5.52 Å². The molecule has 0 unspecified atom stereocenters.